The number of methoxy groups -OCH3 is 2. The smallest absolute Gasteiger partial charge is 0.337 e. The van der Waals surface area contributed by atoms with Crippen LogP contribution in [0.25, 0.3) is 0 Å². The number of ether oxygens (including phenoxy) is 2. The number of nitrogens with zero attached hydrogens (tertiary/aromatic N) is 2. The second-order valence-electron chi connectivity index (χ2n) is 7.51. The molecule has 1 N–H and O–H groups in total. The van der Waals surface area contributed by atoms with Crippen molar-refractivity contribution < 1.29 is 23.9 Å². The summed E-state index contributed by atoms with van der Waals surface area (Å²) in [6, 6.07) is 12.1. The predicted molar refractivity (Wildman–Crippen MR) is 121 cm³/mol. The fourth-order valence-corrected chi connectivity index (χ4v) is 3.79. The second kappa shape index (κ2) is 11.1. The minimum Gasteiger partial charge on any atom is -0.465 e. The van der Waals surface area contributed by atoms with E-state index in [0.29, 0.717) is 5.69 Å². The second-order valence-corrected chi connectivity index (χ2v) is 7.95. The van der Waals surface area contributed by atoms with E-state index in [0.717, 1.165) is 43.3 Å². The highest BCUT2D eigenvalue weighted by molar-refractivity contribution is 6.30. The zero-order valence-corrected chi connectivity index (χ0v) is 18.9. The molecule has 9 heteroatoms. The lowest BCUT2D eigenvalue weighted by Crippen LogP contribution is -2.48. The molecule has 0 radical (unpaired) electrons. The molecule has 0 aliphatic carbocycles. The van der Waals surface area contributed by atoms with Crippen LogP contribution in [0.15, 0.2) is 42.5 Å². The van der Waals surface area contributed by atoms with Crippen LogP contribution in [0.5, 0.6) is 0 Å². The summed E-state index contributed by atoms with van der Waals surface area (Å²) in [5.74, 6) is -1.45. The van der Waals surface area contributed by atoms with Crippen LogP contribution in [0.4, 0.5) is 5.69 Å². The van der Waals surface area contributed by atoms with Crippen LogP contribution in [-0.2, 0) is 20.8 Å². The molecule has 1 heterocycles. The average molecular weight is 460 g/mol. The molecule has 0 unspecified atom stereocenters. The standard InChI is InChI=1S/C23H26ClN3O5/c1-31-22(29)17-11-18(23(30)32-2)13-20(12-17)25-21(28)15-27-8-6-26(7-9-27)14-16-4-3-5-19(24)10-16/h3-5,10-13H,6-9,14-15H2,1-2H3,(H,25,28). The van der Waals surface area contributed by atoms with Crippen LogP contribution in [0.2, 0.25) is 5.02 Å². The van der Waals surface area contributed by atoms with Crippen molar-refractivity contribution in [3.63, 3.8) is 0 Å². The number of carbonyl (C=O) groups excluding carboxylic acids is 3. The number of hydrogen-bond acceptors (Lipinski definition) is 7. The highest BCUT2D eigenvalue weighted by atomic mass is 35.5. The third kappa shape index (κ3) is 6.53. The number of esters is 2. The van der Waals surface area contributed by atoms with Crippen molar-refractivity contribution in [3.05, 3.63) is 64.2 Å². The molecule has 0 saturated carbocycles. The number of nitrogens with one attached hydrogen (secondary N) is 1. The van der Waals surface area contributed by atoms with Crippen LogP contribution in [0.3, 0.4) is 0 Å². The monoisotopic (exact) mass is 459 g/mol. The summed E-state index contributed by atoms with van der Waals surface area (Å²) in [6.07, 6.45) is 0. The molecule has 2 aromatic rings. The van der Waals surface area contributed by atoms with Crippen molar-refractivity contribution in [2.24, 2.45) is 0 Å². The number of hydrogen-bond donors (Lipinski definition) is 1. The molecule has 1 fully saturated rings. The Morgan fingerprint density at radius 3 is 2.06 bits per heavy atom. The van der Waals surface area contributed by atoms with E-state index in [1.54, 1.807) is 0 Å². The number of anilines is 1. The summed E-state index contributed by atoms with van der Waals surface area (Å²) in [7, 11) is 2.49. The normalized spacial score (nSPS) is 14.6. The van der Waals surface area contributed by atoms with Gasteiger partial charge in [-0.15, -0.1) is 0 Å². The number of benzene rings is 2. The van der Waals surface area contributed by atoms with Gasteiger partial charge in [0.2, 0.25) is 5.91 Å². The molecule has 3 rings (SSSR count). The molecule has 1 aliphatic heterocycles. The zero-order valence-electron chi connectivity index (χ0n) is 18.1. The summed E-state index contributed by atoms with van der Waals surface area (Å²) < 4.78 is 9.44. The first-order chi connectivity index (χ1) is 15.4. The van der Waals surface area contributed by atoms with Gasteiger partial charge in [-0.3, -0.25) is 14.6 Å². The zero-order chi connectivity index (χ0) is 23.1. The van der Waals surface area contributed by atoms with Gasteiger partial charge in [-0.1, -0.05) is 23.7 Å². The van der Waals surface area contributed by atoms with Gasteiger partial charge in [0.25, 0.3) is 0 Å². The van der Waals surface area contributed by atoms with E-state index in [2.05, 4.69) is 21.2 Å². The minimum atomic E-state index is -0.609. The van der Waals surface area contributed by atoms with Gasteiger partial charge in [-0.05, 0) is 35.9 Å². The molecule has 1 saturated heterocycles. The Kier molecular flexibility index (Phi) is 8.21. The SMILES string of the molecule is COC(=O)c1cc(NC(=O)CN2CCN(Cc3cccc(Cl)c3)CC2)cc(C(=O)OC)c1. The molecular formula is C23H26ClN3O5. The lowest BCUT2D eigenvalue weighted by Gasteiger charge is -2.34. The Bertz CT molecular complexity index is 955. The Labute approximate surface area is 192 Å². The van der Waals surface area contributed by atoms with Crippen molar-refractivity contribution in [1.82, 2.24) is 9.80 Å². The lowest BCUT2D eigenvalue weighted by molar-refractivity contribution is -0.117. The lowest BCUT2D eigenvalue weighted by atomic mass is 10.1. The number of carbonyl (C=O) groups is 3. The molecule has 2 aromatic carbocycles. The number of rotatable bonds is 7. The van der Waals surface area contributed by atoms with Crippen LogP contribution in [0.1, 0.15) is 26.3 Å². The maximum atomic E-state index is 12.6. The Balaban J connectivity index is 1.55. The summed E-state index contributed by atoms with van der Waals surface area (Å²) >= 11 is 6.06. The molecule has 0 bridgehead atoms. The van der Waals surface area contributed by atoms with Gasteiger partial charge >= 0.3 is 11.9 Å². The number of amides is 1. The van der Waals surface area contributed by atoms with Gasteiger partial charge in [0.15, 0.2) is 0 Å². The van der Waals surface area contributed by atoms with Crippen molar-refractivity contribution in [1.29, 1.82) is 0 Å². The van der Waals surface area contributed by atoms with Gasteiger partial charge < -0.3 is 14.8 Å². The molecule has 0 spiro atoms. The summed E-state index contributed by atoms with van der Waals surface area (Å²) in [6.45, 7) is 4.21. The topological polar surface area (TPSA) is 88.2 Å². The summed E-state index contributed by atoms with van der Waals surface area (Å²) in [5, 5.41) is 3.49. The Morgan fingerprint density at radius 2 is 1.50 bits per heavy atom. The van der Waals surface area contributed by atoms with Crippen LogP contribution >= 0.6 is 11.6 Å². The van der Waals surface area contributed by atoms with Gasteiger partial charge in [-0.2, -0.15) is 0 Å². The third-order valence-corrected chi connectivity index (χ3v) is 5.42. The third-order valence-electron chi connectivity index (χ3n) is 5.19. The van der Waals surface area contributed by atoms with Crippen LogP contribution in [0, 0.1) is 0 Å². The van der Waals surface area contributed by atoms with Gasteiger partial charge in [0, 0.05) is 43.4 Å². The molecule has 0 aromatic heterocycles. The molecule has 170 valence electrons. The minimum absolute atomic E-state index is 0.153. The van der Waals surface area contributed by atoms with Gasteiger partial charge in [0.1, 0.15) is 0 Å². The van der Waals surface area contributed by atoms with Crippen molar-refractivity contribution >= 4 is 35.1 Å². The van der Waals surface area contributed by atoms with E-state index in [1.807, 2.05) is 18.2 Å². The Hall–Kier alpha value is -2.94. The van der Waals surface area contributed by atoms with E-state index in [1.165, 1.54) is 32.4 Å². The molecule has 1 amide bonds. The van der Waals surface area contributed by atoms with Crippen molar-refractivity contribution in [2.75, 3.05) is 52.3 Å². The van der Waals surface area contributed by atoms with E-state index in [4.69, 9.17) is 21.1 Å². The first-order valence-electron chi connectivity index (χ1n) is 10.2. The largest absolute Gasteiger partial charge is 0.465 e. The van der Waals surface area contributed by atoms with E-state index in [-0.39, 0.29) is 23.6 Å². The summed E-state index contributed by atoms with van der Waals surface area (Å²) in [5.41, 5.74) is 1.80. The van der Waals surface area contributed by atoms with Crippen LogP contribution in [-0.4, -0.2) is 74.6 Å². The molecule has 0 atom stereocenters. The van der Waals surface area contributed by atoms with Gasteiger partial charge in [-0.25, -0.2) is 9.59 Å². The highest BCUT2D eigenvalue weighted by Gasteiger charge is 2.20. The van der Waals surface area contributed by atoms with E-state index in [9.17, 15) is 14.4 Å². The van der Waals surface area contributed by atoms with E-state index < -0.39 is 11.9 Å². The summed E-state index contributed by atoms with van der Waals surface area (Å²) in [4.78, 5) is 40.8. The Morgan fingerprint density at radius 1 is 0.906 bits per heavy atom. The molecular weight excluding hydrogens is 434 g/mol. The maximum absolute atomic E-state index is 12.6. The highest BCUT2D eigenvalue weighted by Crippen LogP contribution is 2.18. The first kappa shape index (κ1) is 23.7. The fraction of sp³-hybridized carbons (Fsp3) is 0.348. The molecule has 8 nitrogen and oxygen atoms in total. The first-order valence-corrected chi connectivity index (χ1v) is 10.6. The quantitative estimate of drug-likeness (QED) is 0.637. The van der Waals surface area contributed by atoms with E-state index >= 15 is 0 Å². The fourth-order valence-electron chi connectivity index (χ4n) is 3.57. The maximum Gasteiger partial charge on any atom is 0.337 e. The number of piperazine rings is 1. The molecule has 32 heavy (non-hydrogen) atoms. The van der Waals surface area contributed by atoms with Gasteiger partial charge in [0.05, 0.1) is 31.9 Å². The van der Waals surface area contributed by atoms with Crippen molar-refractivity contribution in [3.8, 4) is 0 Å². The van der Waals surface area contributed by atoms with Crippen molar-refractivity contribution in [2.45, 2.75) is 6.54 Å². The predicted octanol–water partition coefficient (Wildman–Crippen LogP) is 2.67. The average Bonchev–Trinajstić information content (AvgIpc) is 2.79. The number of halogens is 1. The molecule has 1 aliphatic rings. The van der Waals surface area contributed by atoms with Crippen LogP contribution < -0.4 is 5.32 Å².